The Hall–Kier alpha value is -0.680. The number of esters is 1. The van der Waals surface area contributed by atoms with E-state index in [1.165, 1.54) is 7.11 Å². The molecule has 2 N–H and O–H groups in total. The fourth-order valence-electron chi connectivity index (χ4n) is 1.73. The first-order valence-electron chi connectivity index (χ1n) is 4.75. The normalized spacial score (nSPS) is 23.1. The molecule has 0 saturated carbocycles. The lowest BCUT2D eigenvalue weighted by molar-refractivity contribution is -0.142. The molecule has 4 nitrogen and oxygen atoms in total. The Balaban J connectivity index is 2.54. The van der Waals surface area contributed by atoms with Gasteiger partial charge in [0.25, 0.3) is 0 Å². The zero-order valence-corrected chi connectivity index (χ0v) is 9.18. The van der Waals surface area contributed by atoms with Crippen LogP contribution in [0.3, 0.4) is 0 Å². The number of carbonyl (C=O) groups excluding carboxylic acids is 1. The summed E-state index contributed by atoms with van der Waals surface area (Å²) in [6, 6.07) is 0.0675. The van der Waals surface area contributed by atoms with Crippen molar-refractivity contribution in [2.75, 3.05) is 20.2 Å². The molecule has 5 heteroatoms. The van der Waals surface area contributed by atoms with E-state index in [2.05, 4.69) is 4.74 Å². The molecule has 1 atom stereocenters. The third kappa shape index (κ3) is 2.92. The maximum atomic E-state index is 11.1. The molecular formula is C9H16N2O2S. The molecule has 80 valence electrons. The van der Waals surface area contributed by atoms with Crippen molar-refractivity contribution in [2.24, 2.45) is 5.73 Å². The number of hydrogen-bond donors (Lipinski definition) is 1. The molecule has 0 radical (unpaired) electrons. The summed E-state index contributed by atoms with van der Waals surface area (Å²) in [5.74, 6) is -0.229. The Bertz CT molecular complexity index is 233. The van der Waals surface area contributed by atoms with E-state index in [1.54, 1.807) is 0 Å². The SMILES string of the molecule is COC(=O)CN1CCCCC1C(N)=S. The van der Waals surface area contributed by atoms with Gasteiger partial charge in [-0.15, -0.1) is 0 Å². The highest BCUT2D eigenvalue weighted by Crippen LogP contribution is 2.16. The summed E-state index contributed by atoms with van der Waals surface area (Å²) in [6.45, 7) is 1.16. The first kappa shape index (κ1) is 11.4. The summed E-state index contributed by atoms with van der Waals surface area (Å²) in [7, 11) is 1.39. The molecule has 0 bridgehead atoms. The lowest BCUT2D eigenvalue weighted by Crippen LogP contribution is -2.48. The molecule has 14 heavy (non-hydrogen) atoms. The van der Waals surface area contributed by atoms with Crippen LogP contribution in [0.4, 0.5) is 0 Å². The van der Waals surface area contributed by atoms with E-state index in [9.17, 15) is 4.79 Å². The van der Waals surface area contributed by atoms with E-state index < -0.39 is 0 Å². The number of likely N-dealkylation sites (tertiary alicyclic amines) is 1. The van der Waals surface area contributed by atoms with Crippen molar-refractivity contribution in [3.05, 3.63) is 0 Å². The lowest BCUT2D eigenvalue weighted by Gasteiger charge is -2.33. The number of ether oxygens (including phenoxy) is 1. The largest absolute Gasteiger partial charge is 0.468 e. The second-order valence-corrected chi connectivity index (χ2v) is 3.93. The zero-order valence-electron chi connectivity index (χ0n) is 8.36. The minimum atomic E-state index is -0.229. The summed E-state index contributed by atoms with van der Waals surface area (Å²) in [6.07, 6.45) is 3.17. The van der Waals surface area contributed by atoms with Gasteiger partial charge in [0.15, 0.2) is 0 Å². The molecule has 1 unspecified atom stereocenters. The maximum absolute atomic E-state index is 11.1. The van der Waals surface area contributed by atoms with Gasteiger partial charge in [0.05, 0.1) is 24.7 Å². The van der Waals surface area contributed by atoms with E-state index in [1.807, 2.05) is 4.90 Å². The molecule has 0 aromatic heterocycles. The summed E-state index contributed by atoms with van der Waals surface area (Å²) < 4.78 is 4.62. The number of carbonyl (C=O) groups is 1. The van der Waals surface area contributed by atoms with Gasteiger partial charge in [0, 0.05) is 0 Å². The Morgan fingerprint density at radius 3 is 2.93 bits per heavy atom. The molecule has 0 aliphatic carbocycles. The van der Waals surface area contributed by atoms with Crippen molar-refractivity contribution in [3.63, 3.8) is 0 Å². The monoisotopic (exact) mass is 216 g/mol. The van der Waals surface area contributed by atoms with Crippen LogP contribution in [0.1, 0.15) is 19.3 Å². The van der Waals surface area contributed by atoms with Gasteiger partial charge >= 0.3 is 5.97 Å². The number of rotatable bonds is 3. The van der Waals surface area contributed by atoms with Gasteiger partial charge in [-0.3, -0.25) is 9.69 Å². The predicted molar refractivity (Wildman–Crippen MR) is 58.0 cm³/mol. The zero-order chi connectivity index (χ0) is 10.6. The van der Waals surface area contributed by atoms with Crippen molar-refractivity contribution in [3.8, 4) is 0 Å². The van der Waals surface area contributed by atoms with Crippen molar-refractivity contribution in [2.45, 2.75) is 25.3 Å². The molecule has 0 spiro atoms. The van der Waals surface area contributed by atoms with Crippen molar-refractivity contribution in [1.29, 1.82) is 0 Å². The van der Waals surface area contributed by atoms with Crippen LogP contribution >= 0.6 is 12.2 Å². The highest BCUT2D eigenvalue weighted by atomic mass is 32.1. The maximum Gasteiger partial charge on any atom is 0.319 e. The summed E-state index contributed by atoms with van der Waals surface area (Å²) >= 11 is 4.97. The van der Waals surface area contributed by atoms with Crippen LogP contribution in [-0.4, -0.2) is 42.1 Å². The first-order chi connectivity index (χ1) is 6.65. The summed E-state index contributed by atoms with van der Waals surface area (Å²) in [4.78, 5) is 13.6. The van der Waals surface area contributed by atoms with Gasteiger partial charge in [-0.05, 0) is 19.4 Å². The Morgan fingerprint density at radius 2 is 2.36 bits per heavy atom. The van der Waals surface area contributed by atoms with Gasteiger partial charge in [-0.2, -0.15) is 0 Å². The van der Waals surface area contributed by atoms with Gasteiger partial charge in [0.1, 0.15) is 0 Å². The topological polar surface area (TPSA) is 55.6 Å². The average molecular weight is 216 g/mol. The Labute approximate surface area is 89.4 Å². The molecule has 1 heterocycles. The van der Waals surface area contributed by atoms with Gasteiger partial charge in [0.2, 0.25) is 0 Å². The molecule has 1 aliphatic heterocycles. The molecule has 1 aliphatic rings. The number of hydrogen-bond acceptors (Lipinski definition) is 4. The van der Waals surface area contributed by atoms with Crippen LogP contribution in [0.25, 0.3) is 0 Å². The standard InChI is InChI=1S/C9H16N2O2S/c1-13-8(12)6-11-5-3-2-4-7(11)9(10)14/h7H,2-6H2,1H3,(H2,10,14). The van der Waals surface area contributed by atoms with E-state index in [0.717, 1.165) is 25.8 Å². The van der Waals surface area contributed by atoms with E-state index in [0.29, 0.717) is 11.5 Å². The highest BCUT2D eigenvalue weighted by molar-refractivity contribution is 7.80. The average Bonchev–Trinajstić information content (AvgIpc) is 2.18. The smallest absolute Gasteiger partial charge is 0.319 e. The molecule has 0 amide bonds. The molecule has 1 rings (SSSR count). The van der Waals surface area contributed by atoms with E-state index >= 15 is 0 Å². The van der Waals surface area contributed by atoms with E-state index in [4.69, 9.17) is 18.0 Å². The van der Waals surface area contributed by atoms with Gasteiger partial charge in [-0.25, -0.2) is 0 Å². The fraction of sp³-hybridized carbons (Fsp3) is 0.778. The van der Waals surface area contributed by atoms with Crippen LogP contribution in [0.2, 0.25) is 0 Å². The third-order valence-electron chi connectivity index (χ3n) is 2.50. The summed E-state index contributed by atoms with van der Waals surface area (Å²) in [5, 5.41) is 0. The van der Waals surface area contributed by atoms with Crippen LogP contribution < -0.4 is 5.73 Å². The van der Waals surface area contributed by atoms with Crippen LogP contribution in [-0.2, 0) is 9.53 Å². The Morgan fingerprint density at radius 1 is 1.64 bits per heavy atom. The summed E-state index contributed by atoms with van der Waals surface area (Å²) in [5.41, 5.74) is 5.61. The lowest BCUT2D eigenvalue weighted by atomic mass is 10.0. The van der Waals surface area contributed by atoms with Crippen molar-refractivity contribution >= 4 is 23.2 Å². The number of piperidine rings is 1. The van der Waals surface area contributed by atoms with Crippen LogP contribution in [0.5, 0.6) is 0 Å². The second-order valence-electron chi connectivity index (χ2n) is 3.46. The van der Waals surface area contributed by atoms with Gasteiger partial charge in [-0.1, -0.05) is 18.6 Å². The van der Waals surface area contributed by atoms with Crippen LogP contribution in [0.15, 0.2) is 0 Å². The number of nitrogens with zero attached hydrogens (tertiary/aromatic N) is 1. The number of methoxy groups -OCH3 is 1. The van der Waals surface area contributed by atoms with Crippen LogP contribution in [0, 0.1) is 0 Å². The van der Waals surface area contributed by atoms with Crippen molar-refractivity contribution < 1.29 is 9.53 Å². The molecular weight excluding hydrogens is 200 g/mol. The Kier molecular flexibility index (Phi) is 4.28. The third-order valence-corrected chi connectivity index (χ3v) is 2.77. The predicted octanol–water partition coefficient (Wildman–Crippen LogP) is 0.300. The molecule has 1 saturated heterocycles. The minimum Gasteiger partial charge on any atom is -0.468 e. The van der Waals surface area contributed by atoms with Crippen molar-refractivity contribution in [1.82, 2.24) is 4.90 Å². The number of nitrogens with two attached hydrogens (primary N) is 1. The minimum absolute atomic E-state index is 0.0675. The quantitative estimate of drug-likeness (QED) is 0.543. The van der Waals surface area contributed by atoms with Gasteiger partial charge < -0.3 is 10.5 Å². The molecule has 0 aromatic rings. The molecule has 0 aromatic carbocycles. The first-order valence-corrected chi connectivity index (χ1v) is 5.16. The molecule has 1 fully saturated rings. The van der Waals surface area contributed by atoms with E-state index in [-0.39, 0.29) is 12.0 Å². The number of thiocarbonyl (C=S) groups is 1. The highest BCUT2D eigenvalue weighted by Gasteiger charge is 2.26. The second kappa shape index (κ2) is 5.26. The fourth-order valence-corrected chi connectivity index (χ4v) is 2.00.